The van der Waals surface area contributed by atoms with Crippen LogP contribution in [-0.2, 0) is 0 Å². The van der Waals surface area contributed by atoms with Crippen LogP contribution in [0.25, 0.3) is 10.7 Å². The quantitative estimate of drug-likeness (QED) is 0.787. The summed E-state index contributed by atoms with van der Waals surface area (Å²) in [4.78, 5) is 0. The van der Waals surface area contributed by atoms with E-state index in [9.17, 15) is 0 Å². The number of nitrogens with one attached hydrogen (secondary N) is 1. The van der Waals surface area contributed by atoms with Crippen LogP contribution in [-0.4, -0.2) is 21.9 Å². The van der Waals surface area contributed by atoms with Gasteiger partial charge in [-0.15, -0.1) is 0 Å². The first-order valence-electron chi connectivity index (χ1n) is 8.86. The number of nitrogens with zero attached hydrogens (tertiary/aromatic N) is 2. The van der Waals surface area contributed by atoms with Gasteiger partial charge in [0.1, 0.15) is 5.82 Å². The Hall–Kier alpha value is -1.98. The number of piperidine rings is 1. The van der Waals surface area contributed by atoms with Crippen LogP contribution in [0.1, 0.15) is 48.5 Å². The number of nitrogens with two attached hydrogens (primary N) is 2. The molecule has 2 aromatic rings. The van der Waals surface area contributed by atoms with Crippen molar-refractivity contribution in [3.8, 4) is 0 Å². The zero-order valence-electron chi connectivity index (χ0n) is 14.4. The standard InChI is InChI=1S/C19H24ClN5/c1-11-16(17(20)18(21)12-5-3-2-4-6-12)19(22)25(24-11)15-9-13-7-8-14(10-15)23-13/h2-6,13-15,23H,7-10,21-22H2,1H3/b18-17+/t13-,14+,15?. The first kappa shape index (κ1) is 16.5. The Labute approximate surface area is 153 Å². The summed E-state index contributed by atoms with van der Waals surface area (Å²) in [5, 5.41) is 8.85. The molecule has 0 aliphatic carbocycles. The van der Waals surface area contributed by atoms with Crippen LogP contribution in [0.4, 0.5) is 5.82 Å². The molecular formula is C19H24ClN5. The van der Waals surface area contributed by atoms with Crippen LogP contribution in [0.15, 0.2) is 30.3 Å². The van der Waals surface area contributed by atoms with Gasteiger partial charge in [-0.25, -0.2) is 4.68 Å². The molecule has 4 rings (SSSR count). The number of hydrogen-bond acceptors (Lipinski definition) is 4. The lowest BCUT2D eigenvalue weighted by molar-refractivity contribution is 0.284. The molecule has 3 atom stereocenters. The fourth-order valence-corrected chi connectivity index (χ4v) is 4.56. The summed E-state index contributed by atoms with van der Waals surface area (Å²) in [6.45, 7) is 1.94. The lowest BCUT2D eigenvalue weighted by atomic mass is 10.00. The number of aromatic nitrogens is 2. The van der Waals surface area contributed by atoms with Gasteiger partial charge in [0.15, 0.2) is 0 Å². The van der Waals surface area contributed by atoms with Crippen LogP contribution >= 0.6 is 11.6 Å². The molecule has 2 bridgehead atoms. The highest BCUT2D eigenvalue weighted by molar-refractivity contribution is 6.53. The van der Waals surface area contributed by atoms with E-state index in [-0.39, 0.29) is 0 Å². The van der Waals surface area contributed by atoms with Crippen molar-refractivity contribution < 1.29 is 0 Å². The van der Waals surface area contributed by atoms with Crippen molar-refractivity contribution in [3.63, 3.8) is 0 Å². The van der Waals surface area contributed by atoms with Gasteiger partial charge in [-0.2, -0.15) is 5.10 Å². The van der Waals surface area contributed by atoms with Crippen molar-refractivity contribution in [2.24, 2.45) is 5.73 Å². The molecule has 2 saturated heterocycles. The fourth-order valence-electron chi connectivity index (χ4n) is 4.22. The molecule has 2 aliphatic heterocycles. The number of aryl methyl sites for hydroxylation is 1. The van der Waals surface area contributed by atoms with E-state index in [1.165, 1.54) is 12.8 Å². The highest BCUT2D eigenvalue weighted by atomic mass is 35.5. The third-order valence-corrected chi connectivity index (χ3v) is 5.85. The zero-order valence-corrected chi connectivity index (χ0v) is 15.1. The molecule has 6 heteroatoms. The number of hydrogen-bond donors (Lipinski definition) is 3. The van der Waals surface area contributed by atoms with Crippen LogP contribution in [0.3, 0.4) is 0 Å². The summed E-state index contributed by atoms with van der Waals surface area (Å²) in [6, 6.07) is 11.2. The monoisotopic (exact) mass is 357 g/mol. The summed E-state index contributed by atoms with van der Waals surface area (Å²) >= 11 is 6.63. The maximum Gasteiger partial charge on any atom is 0.131 e. The van der Waals surface area contributed by atoms with Gasteiger partial charge in [-0.05, 0) is 38.2 Å². The number of halogens is 1. The number of benzene rings is 1. The normalized spacial score (nSPS) is 26.6. The maximum atomic E-state index is 6.63. The summed E-state index contributed by atoms with van der Waals surface area (Å²) < 4.78 is 1.97. The Morgan fingerprint density at radius 1 is 1.20 bits per heavy atom. The smallest absolute Gasteiger partial charge is 0.131 e. The number of fused-ring (bicyclic) bond motifs is 2. The first-order valence-corrected chi connectivity index (χ1v) is 9.24. The van der Waals surface area contributed by atoms with Crippen molar-refractivity contribution in [1.82, 2.24) is 15.1 Å². The van der Waals surface area contributed by atoms with Gasteiger partial charge in [0.05, 0.1) is 28.0 Å². The van der Waals surface area contributed by atoms with Gasteiger partial charge < -0.3 is 16.8 Å². The third-order valence-electron chi connectivity index (χ3n) is 5.46. The van der Waals surface area contributed by atoms with Gasteiger partial charge in [-0.1, -0.05) is 41.9 Å². The van der Waals surface area contributed by atoms with Gasteiger partial charge in [0.2, 0.25) is 0 Å². The van der Waals surface area contributed by atoms with Crippen molar-refractivity contribution in [2.75, 3.05) is 5.73 Å². The van der Waals surface area contributed by atoms with E-state index in [1.807, 2.05) is 41.9 Å². The molecule has 5 nitrogen and oxygen atoms in total. The van der Waals surface area contributed by atoms with E-state index in [0.717, 1.165) is 29.7 Å². The average Bonchev–Trinajstić information content (AvgIpc) is 3.12. The van der Waals surface area contributed by atoms with E-state index in [1.54, 1.807) is 0 Å². The molecule has 0 amide bonds. The Balaban J connectivity index is 1.71. The van der Waals surface area contributed by atoms with Crippen LogP contribution < -0.4 is 16.8 Å². The highest BCUT2D eigenvalue weighted by Gasteiger charge is 2.36. The Bertz CT molecular complexity index is 799. The molecule has 132 valence electrons. The third kappa shape index (κ3) is 2.92. The predicted octanol–water partition coefficient (Wildman–Crippen LogP) is 3.25. The lowest BCUT2D eigenvalue weighted by Gasteiger charge is -2.29. The van der Waals surface area contributed by atoms with Gasteiger partial charge in [0, 0.05) is 12.1 Å². The Kier molecular flexibility index (Phi) is 4.21. The number of nitrogen functional groups attached to an aromatic ring is 1. The maximum absolute atomic E-state index is 6.63. The van der Waals surface area contributed by atoms with Crippen molar-refractivity contribution in [1.29, 1.82) is 0 Å². The molecule has 1 unspecified atom stereocenters. The second-order valence-electron chi connectivity index (χ2n) is 7.15. The summed E-state index contributed by atoms with van der Waals surface area (Å²) in [5.74, 6) is 0.618. The molecule has 25 heavy (non-hydrogen) atoms. The van der Waals surface area contributed by atoms with E-state index in [0.29, 0.717) is 34.7 Å². The average molecular weight is 358 g/mol. The van der Waals surface area contributed by atoms with E-state index >= 15 is 0 Å². The molecule has 3 heterocycles. The van der Waals surface area contributed by atoms with Gasteiger partial charge >= 0.3 is 0 Å². The molecule has 2 fully saturated rings. The number of anilines is 1. The fraction of sp³-hybridized carbons (Fsp3) is 0.421. The largest absolute Gasteiger partial charge is 0.397 e. The van der Waals surface area contributed by atoms with Gasteiger partial charge in [-0.3, -0.25) is 0 Å². The van der Waals surface area contributed by atoms with Gasteiger partial charge in [0.25, 0.3) is 0 Å². The first-order chi connectivity index (χ1) is 12.0. The molecule has 0 radical (unpaired) electrons. The molecule has 1 aromatic heterocycles. The predicted molar refractivity (Wildman–Crippen MR) is 103 cm³/mol. The molecule has 0 spiro atoms. The zero-order chi connectivity index (χ0) is 17.6. The van der Waals surface area contributed by atoms with Crippen molar-refractivity contribution >= 4 is 28.1 Å². The SMILES string of the molecule is Cc1nn(C2C[C@H]3CC[C@@H](C2)N3)c(N)c1/C(Cl)=C(\N)c1ccccc1. The summed E-state index contributed by atoms with van der Waals surface area (Å²) in [7, 11) is 0. The summed E-state index contributed by atoms with van der Waals surface area (Å²) in [6.07, 6.45) is 4.62. The van der Waals surface area contributed by atoms with E-state index in [4.69, 9.17) is 28.2 Å². The molecule has 0 saturated carbocycles. The topological polar surface area (TPSA) is 81.9 Å². The van der Waals surface area contributed by atoms with Crippen molar-refractivity contribution in [3.05, 3.63) is 47.2 Å². The van der Waals surface area contributed by atoms with Crippen LogP contribution in [0, 0.1) is 6.92 Å². The van der Waals surface area contributed by atoms with E-state index < -0.39 is 0 Å². The number of rotatable bonds is 3. The molecule has 2 aliphatic rings. The molecular weight excluding hydrogens is 334 g/mol. The second kappa shape index (κ2) is 6.39. The van der Waals surface area contributed by atoms with Crippen molar-refractivity contribution in [2.45, 2.75) is 50.7 Å². The Morgan fingerprint density at radius 2 is 1.84 bits per heavy atom. The summed E-state index contributed by atoms with van der Waals surface area (Å²) in [5.41, 5.74) is 15.8. The van der Waals surface area contributed by atoms with Crippen LogP contribution in [0.5, 0.6) is 0 Å². The van der Waals surface area contributed by atoms with E-state index in [2.05, 4.69) is 5.32 Å². The lowest BCUT2D eigenvalue weighted by Crippen LogP contribution is -2.39. The minimum absolute atomic E-state index is 0.327. The van der Waals surface area contributed by atoms with Crippen LogP contribution in [0.2, 0.25) is 0 Å². The Morgan fingerprint density at radius 3 is 2.48 bits per heavy atom. The second-order valence-corrected chi connectivity index (χ2v) is 7.52. The minimum atomic E-state index is 0.327. The minimum Gasteiger partial charge on any atom is -0.397 e. The highest BCUT2D eigenvalue weighted by Crippen LogP contribution is 2.39. The molecule has 5 N–H and O–H groups in total. The molecule has 1 aromatic carbocycles.